The van der Waals surface area contributed by atoms with E-state index >= 15 is 0 Å². The first-order chi connectivity index (χ1) is 13.4. The van der Waals surface area contributed by atoms with Crippen molar-refractivity contribution < 1.29 is 12.8 Å². The summed E-state index contributed by atoms with van der Waals surface area (Å²) >= 11 is 6.06. The van der Waals surface area contributed by atoms with E-state index in [0.29, 0.717) is 55.6 Å². The highest BCUT2D eigenvalue weighted by Gasteiger charge is 2.27. The molecule has 0 radical (unpaired) electrons. The maximum atomic E-state index is 13.9. The van der Waals surface area contributed by atoms with Gasteiger partial charge in [-0.05, 0) is 44.7 Å². The van der Waals surface area contributed by atoms with Crippen molar-refractivity contribution in [1.29, 1.82) is 0 Å². The third kappa shape index (κ3) is 8.18. The lowest BCUT2D eigenvalue weighted by Gasteiger charge is -2.32. The number of halogens is 3. The number of guanidine groups is 1. The summed E-state index contributed by atoms with van der Waals surface area (Å²) in [6.45, 7) is 5.99. The van der Waals surface area contributed by atoms with Crippen molar-refractivity contribution in [3.05, 3.63) is 34.6 Å². The fourth-order valence-corrected chi connectivity index (χ4v) is 5.03. The quantitative estimate of drug-likeness (QED) is 0.290. The highest BCUT2D eigenvalue weighted by molar-refractivity contribution is 14.0. The van der Waals surface area contributed by atoms with Gasteiger partial charge in [0.05, 0.1) is 5.75 Å². The molecule has 0 saturated carbocycles. The fourth-order valence-electron chi connectivity index (χ4n) is 3.23. The Balaban J connectivity index is 0.00000420. The number of hydrogen-bond acceptors (Lipinski definition) is 3. The number of nitrogens with zero attached hydrogens (tertiary/aromatic N) is 2. The lowest BCUT2D eigenvalue weighted by molar-refractivity contribution is 0.306. The zero-order valence-electron chi connectivity index (χ0n) is 17.0. The normalized spacial score (nSPS) is 16.3. The summed E-state index contributed by atoms with van der Waals surface area (Å²) in [4.78, 5) is 4.52. The van der Waals surface area contributed by atoms with Gasteiger partial charge in [0, 0.05) is 42.8 Å². The molecule has 1 heterocycles. The van der Waals surface area contributed by atoms with Gasteiger partial charge >= 0.3 is 0 Å². The van der Waals surface area contributed by atoms with Crippen molar-refractivity contribution in [3.8, 4) is 0 Å². The van der Waals surface area contributed by atoms with E-state index in [4.69, 9.17) is 11.6 Å². The Morgan fingerprint density at radius 2 is 2.00 bits per heavy atom. The van der Waals surface area contributed by atoms with Crippen LogP contribution in [0.4, 0.5) is 4.39 Å². The molecule has 0 unspecified atom stereocenters. The molecule has 0 atom stereocenters. The Morgan fingerprint density at radius 3 is 2.59 bits per heavy atom. The molecule has 10 heteroatoms. The van der Waals surface area contributed by atoms with Crippen molar-refractivity contribution in [1.82, 2.24) is 14.9 Å². The predicted octanol–water partition coefficient (Wildman–Crippen LogP) is 3.40. The molecule has 0 bridgehead atoms. The van der Waals surface area contributed by atoms with Crippen LogP contribution < -0.4 is 10.6 Å². The predicted molar refractivity (Wildman–Crippen MR) is 128 cm³/mol. The maximum absolute atomic E-state index is 13.9. The Labute approximate surface area is 195 Å². The lowest BCUT2D eigenvalue weighted by atomic mass is 10.1. The second-order valence-corrected chi connectivity index (χ2v) is 9.34. The number of aliphatic imine (C=N–C) groups is 1. The molecule has 0 amide bonds. The maximum Gasteiger partial charge on any atom is 0.214 e. The second kappa shape index (κ2) is 12.9. The van der Waals surface area contributed by atoms with Gasteiger partial charge < -0.3 is 10.6 Å². The van der Waals surface area contributed by atoms with Crippen molar-refractivity contribution in [3.63, 3.8) is 0 Å². The van der Waals surface area contributed by atoms with Crippen LogP contribution in [0.1, 0.15) is 38.7 Å². The number of benzene rings is 1. The molecule has 0 aromatic heterocycles. The van der Waals surface area contributed by atoms with E-state index in [0.717, 1.165) is 12.8 Å². The topological polar surface area (TPSA) is 73.8 Å². The van der Waals surface area contributed by atoms with E-state index in [2.05, 4.69) is 15.6 Å². The zero-order valence-corrected chi connectivity index (χ0v) is 20.9. The highest BCUT2D eigenvalue weighted by atomic mass is 127. The van der Waals surface area contributed by atoms with Crippen LogP contribution in [-0.2, 0) is 16.4 Å². The van der Waals surface area contributed by atoms with Crippen LogP contribution in [0.2, 0.25) is 5.02 Å². The second-order valence-electron chi connectivity index (χ2n) is 6.84. The number of rotatable bonds is 8. The van der Waals surface area contributed by atoms with Gasteiger partial charge in [0.1, 0.15) is 5.82 Å². The fraction of sp³-hybridized carbons (Fsp3) is 0.632. The van der Waals surface area contributed by atoms with Crippen LogP contribution in [0.25, 0.3) is 0 Å². The first kappa shape index (κ1) is 26.4. The van der Waals surface area contributed by atoms with E-state index in [1.54, 1.807) is 16.4 Å². The Bertz CT molecular complexity index is 751. The molecule has 1 aromatic rings. The van der Waals surface area contributed by atoms with E-state index in [1.165, 1.54) is 6.07 Å². The molecule has 2 N–H and O–H groups in total. The molecule has 166 valence electrons. The van der Waals surface area contributed by atoms with Crippen LogP contribution >= 0.6 is 35.6 Å². The summed E-state index contributed by atoms with van der Waals surface area (Å²) in [5.41, 5.74) is 0.471. The average molecular weight is 561 g/mol. The van der Waals surface area contributed by atoms with Gasteiger partial charge in [-0.15, -0.1) is 24.0 Å². The molecule has 29 heavy (non-hydrogen) atoms. The smallest absolute Gasteiger partial charge is 0.214 e. The standard InChI is InChI=1S/C19H30ClFN4O2S.HI/c1-3-14-28(26,27)25-12-9-15(10-13-25)24-19(22-4-2)23-11-8-16-17(20)6-5-7-18(16)21;/h5-7,15H,3-4,8-14H2,1-2H3,(H2,22,23,24);1H. The average Bonchev–Trinajstić information content (AvgIpc) is 2.64. The van der Waals surface area contributed by atoms with E-state index in [1.807, 2.05) is 13.8 Å². The summed E-state index contributed by atoms with van der Waals surface area (Å²) in [7, 11) is -3.14. The highest BCUT2D eigenvalue weighted by Crippen LogP contribution is 2.19. The van der Waals surface area contributed by atoms with Crippen LogP contribution in [0.5, 0.6) is 0 Å². The summed E-state index contributed by atoms with van der Waals surface area (Å²) in [6, 6.07) is 4.81. The van der Waals surface area contributed by atoms with Crippen molar-refractivity contribution >= 4 is 51.6 Å². The number of piperidine rings is 1. The number of hydrogen-bond donors (Lipinski definition) is 2. The van der Waals surface area contributed by atoms with Crippen LogP contribution in [0.15, 0.2) is 23.2 Å². The monoisotopic (exact) mass is 560 g/mol. The molecule has 2 rings (SSSR count). The Kier molecular flexibility index (Phi) is 11.7. The van der Waals surface area contributed by atoms with Gasteiger partial charge in [-0.2, -0.15) is 0 Å². The molecular weight excluding hydrogens is 530 g/mol. The first-order valence-electron chi connectivity index (χ1n) is 9.83. The zero-order chi connectivity index (χ0) is 20.6. The third-order valence-electron chi connectivity index (χ3n) is 4.69. The number of sulfonamides is 1. The molecule has 1 aliphatic rings. The summed E-state index contributed by atoms with van der Waals surface area (Å²) in [5, 5.41) is 6.97. The first-order valence-corrected chi connectivity index (χ1v) is 11.8. The van der Waals surface area contributed by atoms with Crippen molar-refractivity contribution in [2.24, 2.45) is 4.99 Å². The summed E-state index contributed by atoms with van der Waals surface area (Å²) < 4.78 is 39.8. The molecule has 1 aromatic carbocycles. The summed E-state index contributed by atoms with van der Waals surface area (Å²) in [5.74, 6) is 0.541. The van der Waals surface area contributed by atoms with Crippen LogP contribution in [-0.4, -0.2) is 56.7 Å². The third-order valence-corrected chi connectivity index (χ3v) is 7.12. The van der Waals surface area contributed by atoms with Crippen molar-refractivity contribution in [2.75, 3.05) is 31.9 Å². The number of nitrogens with one attached hydrogen (secondary N) is 2. The minimum Gasteiger partial charge on any atom is -0.357 e. The largest absolute Gasteiger partial charge is 0.357 e. The summed E-state index contributed by atoms with van der Waals surface area (Å²) in [6.07, 6.45) is 2.50. The van der Waals surface area contributed by atoms with Gasteiger partial charge in [0.15, 0.2) is 5.96 Å². The molecule has 1 fully saturated rings. The SMILES string of the molecule is CCCS(=O)(=O)N1CCC(NC(=NCCc2c(F)cccc2Cl)NCC)CC1.I. The van der Waals surface area contributed by atoms with Crippen LogP contribution in [0, 0.1) is 5.82 Å². The van der Waals surface area contributed by atoms with Gasteiger partial charge in [0.25, 0.3) is 0 Å². The van der Waals surface area contributed by atoms with Gasteiger partial charge in [0.2, 0.25) is 10.0 Å². The molecule has 1 saturated heterocycles. The van der Waals surface area contributed by atoms with Gasteiger partial charge in [-0.25, -0.2) is 17.1 Å². The van der Waals surface area contributed by atoms with Crippen molar-refractivity contribution in [2.45, 2.75) is 45.6 Å². The lowest BCUT2D eigenvalue weighted by Crippen LogP contribution is -2.50. The van der Waals surface area contributed by atoms with E-state index < -0.39 is 10.0 Å². The van der Waals surface area contributed by atoms with Crippen LogP contribution in [0.3, 0.4) is 0 Å². The van der Waals surface area contributed by atoms with E-state index in [9.17, 15) is 12.8 Å². The molecule has 0 aliphatic carbocycles. The Morgan fingerprint density at radius 1 is 1.31 bits per heavy atom. The Hall–Kier alpha value is -0.650. The van der Waals surface area contributed by atoms with Gasteiger partial charge in [-0.1, -0.05) is 24.6 Å². The molecule has 1 aliphatic heterocycles. The van der Waals surface area contributed by atoms with Gasteiger partial charge in [-0.3, -0.25) is 4.99 Å². The minimum atomic E-state index is -3.14. The van der Waals surface area contributed by atoms with E-state index in [-0.39, 0.29) is 41.6 Å². The molecule has 0 spiro atoms. The minimum absolute atomic E-state index is 0. The molecule has 6 nitrogen and oxygen atoms in total. The molecular formula is C19H31ClFIN4O2S.